The normalized spacial score (nSPS) is 17.6. The summed E-state index contributed by atoms with van der Waals surface area (Å²) in [5.74, 6) is -0.205. The molecule has 1 aromatic carbocycles. The van der Waals surface area contributed by atoms with Crippen molar-refractivity contribution in [2.24, 2.45) is 0 Å². The Morgan fingerprint density at radius 1 is 1.40 bits per heavy atom. The molecule has 6 heteroatoms. The van der Waals surface area contributed by atoms with Crippen molar-refractivity contribution in [2.75, 3.05) is 13.6 Å². The fraction of sp³-hybridized carbons (Fsp3) is 0.421. The van der Waals surface area contributed by atoms with E-state index in [2.05, 4.69) is 9.88 Å². The van der Waals surface area contributed by atoms with E-state index in [1.807, 2.05) is 6.07 Å². The number of likely N-dealkylation sites (tertiary alicyclic amines) is 1. The van der Waals surface area contributed by atoms with Gasteiger partial charge < -0.3 is 4.90 Å². The first-order valence-corrected chi connectivity index (χ1v) is 8.54. The van der Waals surface area contributed by atoms with E-state index < -0.39 is 0 Å². The zero-order chi connectivity index (χ0) is 17.8. The first-order valence-electron chi connectivity index (χ1n) is 8.54. The van der Waals surface area contributed by atoms with Crippen molar-refractivity contribution in [3.05, 3.63) is 59.4 Å². The fourth-order valence-corrected chi connectivity index (χ4v) is 3.23. The summed E-state index contributed by atoms with van der Waals surface area (Å²) in [5, 5.41) is 0. The number of hydrogen-bond donors (Lipinski definition) is 0. The molecule has 1 fully saturated rings. The number of carbonyl (C=O) groups excluding carboxylic acids is 1. The van der Waals surface area contributed by atoms with Crippen LogP contribution in [0.2, 0.25) is 0 Å². The Kier molecular flexibility index (Phi) is 5.38. The van der Waals surface area contributed by atoms with Crippen molar-refractivity contribution in [1.82, 2.24) is 19.8 Å². The third-order valence-corrected chi connectivity index (χ3v) is 4.62. The quantitative estimate of drug-likeness (QED) is 0.838. The highest BCUT2D eigenvalue weighted by molar-refractivity contribution is 5.72. The minimum Gasteiger partial charge on any atom is -0.340 e. The summed E-state index contributed by atoms with van der Waals surface area (Å²) in [5.41, 5.74) is 2.67. The molecular formula is C19H23FN4O. The first-order chi connectivity index (χ1) is 12.0. The van der Waals surface area contributed by atoms with Gasteiger partial charge in [-0.2, -0.15) is 0 Å². The maximum atomic E-state index is 13.4. The van der Waals surface area contributed by atoms with Gasteiger partial charge >= 0.3 is 0 Å². The van der Waals surface area contributed by atoms with Crippen LogP contribution in [-0.2, 0) is 17.9 Å². The van der Waals surface area contributed by atoms with E-state index in [1.165, 1.54) is 13.0 Å². The van der Waals surface area contributed by atoms with Crippen molar-refractivity contribution in [3.8, 4) is 0 Å². The standard InChI is InChI=1S/C19H23FN4O/c1-14(25)23(2)13-17-10-21-11-18(22-17)19-7-4-8-24(19)12-15-5-3-6-16(20)9-15/h3,5-6,9-11,19H,4,7-8,12-13H2,1-2H3. The number of nitrogens with zero attached hydrogens (tertiary/aromatic N) is 4. The number of benzene rings is 1. The average Bonchev–Trinajstić information content (AvgIpc) is 3.03. The molecular weight excluding hydrogens is 319 g/mol. The Hall–Kier alpha value is -2.34. The van der Waals surface area contributed by atoms with Gasteiger partial charge in [-0.1, -0.05) is 12.1 Å². The lowest BCUT2D eigenvalue weighted by Gasteiger charge is -2.24. The van der Waals surface area contributed by atoms with Crippen LogP contribution in [0.4, 0.5) is 4.39 Å². The minimum atomic E-state index is -0.206. The monoisotopic (exact) mass is 342 g/mol. The second-order valence-electron chi connectivity index (χ2n) is 6.57. The van der Waals surface area contributed by atoms with Gasteiger partial charge in [0.15, 0.2) is 0 Å². The molecule has 1 atom stereocenters. The SMILES string of the molecule is CC(=O)N(C)Cc1cncc(C2CCCN2Cc2cccc(F)c2)n1. The Morgan fingerprint density at radius 2 is 2.24 bits per heavy atom. The van der Waals surface area contributed by atoms with Crippen LogP contribution in [0.15, 0.2) is 36.7 Å². The van der Waals surface area contributed by atoms with Crippen LogP contribution >= 0.6 is 0 Å². The van der Waals surface area contributed by atoms with E-state index >= 15 is 0 Å². The van der Waals surface area contributed by atoms with Gasteiger partial charge in [-0.25, -0.2) is 4.39 Å². The summed E-state index contributed by atoms with van der Waals surface area (Å²) < 4.78 is 13.4. The number of hydrogen-bond acceptors (Lipinski definition) is 4. The summed E-state index contributed by atoms with van der Waals surface area (Å²) in [4.78, 5) is 24.4. The van der Waals surface area contributed by atoms with Crippen molar-refractivity contribution in [2.45, 2.75) is 38.9 Å². The molecule has 1 unspecified atom stereocenters. The third-order valence-electron chi connectivity index (χ3n) is 4.62. The van der Waals surface area contributed by atoms with Crippen molar-refractivity contribution in [3.63, 3.8) is 0 Å². The van der Waals surface area contributed by atoms with Crippen LogP contribution in [0.5, 0.6) is 0 Å². The molecule has 1 aliphatic rings. The predicted molar refractivity (Wildman–Crippen MR) is 93.0 cm³/mol. The molecule has 2 heterocycles. The first kappa shape index (κ1) is 17.5. The molecule has 132 valence electrons. The molecule has 0 spiro atoms. The molecule has 1 aliphatic heterocycles. The van der Waals surface area contributed by atoms with E-state index in [0.717, 1.165) is 36.3 Å². The van der Waals surface area contributed by atoms with Crippen LogP contribution < -0.4 is 0 Å². The van der Waals surface area contributed by atoms with Gasteiger partial charge in [-0.05, 0) is 37.1 Å². The average molecular weight is 342 g/mol. The second kappa shape index (κ2) is 7.70. The van der Waals surface area contributed by atoms with Crippen LogP contribution in [0.3, 0.4) is 0 Å². The van der Waals surface area contributed by atoms with Crippen LogP contribution in [0, 0.1) is 5.82 Å². The highest BCUT2D eigenvalue weighted by Crippen LogP contribution is 2.32. The summed E-state index contributed by atoms with van der Waals surface area (Å²) in [7, 11) is 1.75. The zero-order valence-corrected chi connectivity index (χ0v) is 14.7. The molecule has 5 nitrogen and oxygen atoms in total. The number of aromatic nitrogens is 2. The summed E-state index contributed by atoms with van der Waals surface area (Å²) in [6, 6.07) is 6.92. The molecule has 1 saturated heterocycles. The Balaban J connectivity index is 1.74. The Bertz CT molecular complexity index is 752. The molecule has 0 N–H and O–H groups in total. The van der Waals surface area contributed by atoms with Gasteiger partial charge in [0.2, 0.25) is 5.91 Å². The molecule has 25 heavy (non-hydrogen) atoms. The van der Waals surface area contributed by atoms with Crippen LogP contribution in [-0.4, -0.2) is 39.3 Å². The zero-order valence-electron chi connectivity index (χ0n) is 14.7. The number of carbonyl (C=O) groups is 1. The Morgan fingerprint density at radius 3 is 3.00 bits per heavy atom. The van der Waals surface area contributed by atoms with Crippen molar-refractivity contribution >= 4 is 5.91 Å². The largest absolute Gasteiger partial charge is 0.340 e. The summed E-state index contributed by atoms with van der Waals surface area (Å²) in [6.45, 7) is 3.64. The van der Waals surface area contributed by atoms with E-state index in [1.54, 1.807) is 36.5 Å². The van der Waals surface area contributed by atoms with Gasteiger partial charge in [-0.15, -0.1) is 0 Å². The van der Waals surface area contributed by atoms with Gasteiger partial charge in [-0.3, -0.25) is 19.7 Å². The lowest BCUT2D eigenvalue weighted by Crippen LogP contribution is -2.26. The van der Waals surface area contributed by atoms with E-state index in [4.69, 9.17) is 4.98 Å². The number of halogens is 1. The number of rotatable bonds is 5. The molecule has 2 aromatic rings. The Labute approximate surface area is 147 Å². The lowest BCUT2D eigenvalue weighted by atomic mass is 10.1. The molecule has 1 aromatic heterocycles. The van der Waals surface area contributed by atoms with Gasteiger partial charge in [0, 0.05) is 20.5 Å². The maximum absolute atomic E-state index is 13.4. The molecule has 0 bridgehead atoms. The van der Waals surface area contributed by atoms with Gasteiger partial charge in [0.1, 0.15) is 5.82 Å². The summed E-state index contributed by atoms with van der Waals surface area (Å²) >= 11 is 0. The van der Waals surface area contributed by atoms with Crippen molar-refractivity contribution in [1.29, 1.82) is 0 Å². The van der Waals surface area contributed by atoms with Gasteiger partial charge in [0.25, 0.3) is 0 Å². The smallest absolute Gasteiger partial charge is 0.219 e. The van der Waals surface area contributed by atoms with Crippen LogP contribution in [0.1, 0.15) is 42.8 Å². The highest BCUT2D eigenvalue weighted by atomic mass is 19.1. The van der Waals surface area contributed by atoms with Gasteiger partial charge in [0.05, 0.1) is 36.4 Å². The molecule has 1 amide bonds. The minimum absolute atomic E-state index is 0.000741. The lowest BCUT2D eigenvalue weighted by molar-refractivity contribution is -0.128. The number of amides is 1. The summed E-state index contributed by atoms with van der Waals surface area (Å²) in [6.07, 6.45) is 5.59. The predicted octanol–water partition coefficient (Wildman–Crippen LogP) is 2.93. The van der Waals surface area contributed by atoms with E-state index in [-0.39, 0.29) is 17.8 Å². The van der Waals surface area contributed by atoms with E-state index in [9.17, 15) is 9.18 Å². The molecule has 0 aliphatic carbocycles. The van der Waals surface area contributed by atoms with E-state index in [0.29, 0.717) is 13.1 Å². The highest BCUT2D eigenvalue weighted by Gasteiger charge is 2.27. The molecule has 3 rings (SSSR count). The second-order valence-corrected chi connectivity index (χ2v) is 6.57. The molecule has 0 radical (unpaired) electrons. The fourth-order valence-electron chi connectivity index (χ4n) is 3.23. The maximum Gasteiger partial charge on any atom is 0.219 e. The topological polar surface area (TPSA) is 49.3 Å². The molecule has 0 saturated carbocycles. The third kappa shape index (κ3) is 4.39. The van der Waals surface area contributed by atoms with Crippen LogP contribution in [0.25, 0.3) is 0 Å². The van der Waals surface area contributed by atoms with Crippen molar-refractivity contribution < 1.29 is 9.18 Å².